The lowest BCUT2D eigenvalue weighted by Crippen LogP contribution is -2.25. The number of hydrogen-bond donors (Lipinski definition) is 0. The quantitative estimate of drug-likeness (QED) is 0.637. The molecule has 0 radical (unpaired) electrons. The summed E-state index contributed by atoms with van der Waals surface area (Å²) < 4.78 is 15.6. The molecule has 1 heterocycles. The predicted molar refractivity (Wildman–Crippen MR) is 81.8 cm³/mol. The number of aromatic nitrogens is 1. The van der Waals surface area contributed by atoms with Crippen LogP contribution < -0.4 is 0 Å². The van der Waals surface area contributed by atoms with Crippen molar-refractivity contribution in [3.05, 3.63) is 42.1 Å². The van der Waals surface area contributed by atoms with Crippen LogP contribution in [0.3, 0.4) is 0 Å². The van der Waals surface area contributed by atoms with E-state index in [2.05, 4.69) is 9.38 Å². The fourth-order valence-corrected chi connectivity index (χ4v) is 2.22. The van der Waals surface area contributed by atoms with Crippen molar-refractivity contribution in [2.24, 2.45) is 4.40 Å². The molecule has 1 aromatic heterocycles. The molecule has 2 rings (SSSR count). The Morgan fingerprint density at radius 2 is 2.00 bits per heavy atom. The van der Waals surface area contributed by atoms with Crippen molar-refractivity contribution in [2.45, 2.75) is 31.9 Å². The first-order valence-electron chi connectivity index (χ1n) is 6.25. The number of fused-ring (bicyclic) bond motifs is 1. The third-order valence-corrected chi connectivity index (χ3v) is 4.13. The third kappa shape index (κ3) is 3.55. The molecule has 1 aromatic carbocycles. The molecule has 0 saturated carbocycles. The van der Waals surface area contributed by atoms with E-state index in [0.717, 1.165) is 16.5 Å². The van der Waals surface area contributed by atoms with Crippen molar-refractivity contribution in [2.75, 3.05) is 0 Å². The van der Waals surface area contributed by atoms with Crippen LogP contribution in [0, 0.1) is 0 Å². The summed E-state index contributed by atoms with van der Waals surface area (Å²) in [5.74, 6) is 0. The summed E-state index contributed by atoms with van der Waals surface area (Å²) in [6.45, 7) is 5.76. The van der Waals surface area contributed by atoms with Gasteiger partial charge in [0.2, 0.25) is 0 Å². The Balaban J connectivity index is 2.17. The first kappa shape index (κ1) is 14.0. The van der Waals surface area contributed by atoms with Crippen molar-refractivity contribution in [1.29, 1.82) is 0 Å². The third-order valence-electron chi connectivity index (χ3n) is 2.74. The highest BCUT2D eigenvalue weighted by Gasteiger charge is 2.25. The molecule has 0 aliphatic carbocycles. The minimum absolute atomic E-state index is 0.309. The second-order valence-corrected chi connectivity index (χ2v) is 7.27. The first-order chi connectivity index (χ1) is 8.98. The van der Waals surface area contributed by atoms with Gasteiger partial charge in [0.25, 0.3) is 0 Å². The second kappa shape index (κ2) is 5.72. The molecule has 3 nitrogen and oxygen atoms in total. The number of hydrogen-bond acceptors (Lipinski definition) is 3. The maximum atomic E-state index is 11.8. The summed E-state index contributed by atoms with van der Waals surface area (Å²) in [5, 5.41) is 1.12. The zero-order valence-corrected chi connectivity index (χ0v) is 12.3. The number of para-hydroxylation sites is 1. The lowest BCUT2D eigenvalue weighted by Gasteiger charge is -2.17. The molecule has 2 aromatic rings. The van der Waals surface area contributed by atoms with E-state index < -0.39 is 11.4 Å². The van der Waals surface area contributed by atoms with Crippen LogP contribution in [0.15, 0.2) is 40.9 Å². The molecule has 4 heteroatoms. The van der Waals surface area contributed by atoms with Gasteiger partial charge >= 0.3 is 0 Å². The second-order valence-electron chi connectivity index (χ2n) is 5.34. The molecular weight excluding hydrogens is 256 g/mol. The van der Waals surface area contributed by atoms with Gasteiger partial charge in [-0.15, -0.1) is 0 Å². The topological polar surface area (TPSA) is 48.3 Å². The predicted octanol–water partition coefficient (Wildman–Crippen LogP) is 3.31. The van der Waals surface area contributed by atoms with Gasteiger partial charge in [-0.2, -0.15) is 0 Å². The Kier molecular flexibility index (Phi) is 4.22. The molecule has 100 valence electrons. The average molecular weight is 274 g/mol. The van der Waals surface area contributed by atoms with E-state index >= 15 is 0 Å². The maximum Gasteiger partial charge on any atom is 0.144 e. The Morgan fingerprint density at radius 1 is 1.26 bits per heavy atom. The largest absolute Gasteiger partial charge is 0.591 e. The van der Waals surface area contributed by atoms with E-state index in [1.165, 1.54) is 0 Å². The maximum absolute atomic E-state index is 11.8. The SMILES string of the molecule is CC(C)(C)[S@@+]([O-])N=CCc1ccnc2ccccc12. The van der Waals surface area contributed by atoms with Gasteiger partial charge in [0.1, 0.15) is 16.1 Å². The number of pyridine rings is 1. The minimum atomic E-state index is -1.19. The molecule has 1 atom stereocenters. The highest BCUT2D eigenvalue weighted by Crippen LogP contribution is 2.18. The van der Waals surface area contributed by atoms with Gasteiger partial charge < -0.3 is 4.55 Å². The van der Waals surface area contributed by atoms with E-state index in [1.807, 2.05) is 51.1 Å². The molecule has 0 saturated heterocycles. The summed E-state index contributed by atoms with van der Waals surface area (Å²) in [7, 11) is 0. The van der Waals surface area contributed by atoms with E-state index in [1.54, 1.807) is 12.4 Å². The molecule has 19 heavy (non-hydrogen) atoms. The van der Waals surface area contributed by atoms with Gasteiger partial charge in [-0.25, -0.2) is 0 Å². The molecule has 0 unspecified atom stereocenters. The zero-order valence-electron chi connectivity index (χ0n) is 11.5. The van der Waals surface area contributed by atoms with Crippen LogP contribution in [0.4, 0.5) is 0 Å². The molecular formula is C15H18N2OS. The molecule has 0 amide bonds. The van der Waals surface area contributed by atoms with Crippen LogP contribution >= 0.6 is 0 Å². The fourth-order valence-electron chi connectivity index (χ4n) is 1.69. The monoisotopic (exact) mass is 274 g/mol. The molecule has 0 aliphatic heterocycles. The van der Waals surface area contributed by atoms with E-state index in [-0.39, 0.29) is 4.75 Å². The summed E-state index contributed by atoms with van der Waals surface area (Å²) in [5.41, 5.74) is 2.13. The molecule has 0 bridgehead atoms. The van der Waals surface area contributed by atoms with Crippen LogP contribution in [0.5, 0.6) is 0 Å². The molecule has 0 spiro atoms. The highest BCUT2D eigenvalue weighted by atomic mass is 32.2. The summed E-state index contributed by atoms with van der Waals surface area (Å²) >= 11 is -1.19. The standard InChI is InChI=1S/C15H18N2OS/c1-15(2,3)19(18)17-11-9-12-8-10-16-14-7-5-4-6-13(12)14/h4-8,10-11H,9H2,1-3H3/t19-/m1/s1. The summed E-state index contributed by atoms with van der Waals surface area (Å²) in [4.78, 5) is 4.32. The Labute approximate surface area is 117 Å². The van der Waals surface area contributed by atoms with Crippen LogP contribution in [-0.4, -0.2) is 20.5 Å². The van der Waals surface area contributed by atoms with Crippen molar-refractivity contribution >= 4 is 28.5 Å². The van der Waals surface area contributed by atoms with E-state index in [0.29, 0.717) is 6.42 Å². The normalized spacial score (nSPS) is 14.1. The lowest BCUT2D eigenvalue weighted by atomic mass is 10.1. The van der Waals surface area contributed by atoms with Gasteiger partial charge in [0.05, 0.1) is 11.7 Å². The van der Waals surface area contributed by atoms with Crippen molar-refractivity contribution in [1.82, 2.24) is 4.98 Å². The van der Waals surface area contributed by atoms with Crippen molar-refractivity contribution in [3.63, 3.8) is 0 Å². The van der Waals surface area contributed by atoms with Gasteiger partial charge in [0, 0.05) is 18.0 Å². The fraction of sp³-hybridized carbons (Fsp3) is 0.333. The van der Waals surface area contributed by atoms with Crippen LogP contribution in [-0.2, 0) is 17.8 Å². The first-order valence-corrected chi connectivity index (χ1v) is 7.36. The van der Waals surface area contributed by atoms with Gasteiger partial charge in [-0.05, 0) is 38.5 Å². The average Bonchev–Trinajstić information content (AvgIpc) is 2.38. The summed E-state index contributed by atoms with van der Waals surface area (Å²) in [6, 6.07) is 9.99. The van der Waals surface area contributed by atoms with Crippen molar-refractivity contribution < 1.29 is 4.55 Å². The minimum Gasteiger partial charge on any atom is -0.591 e. The van der Waals surface area contributed by atoms with Crippen LogP contribution in [0.2, 0.25) is 0 Å². The van der Waals surface area contributed by atoms with Crippen LogP contribution in [0.1, 0.15) is 26.3 Å². The zero-order chi connectivity index (χ0) is 13.9. The lowest BCUT2D eigenvalue weighted by molar-refractivity contribution is 0.561. The summed E-state index contributed by atoms with van der Waals surface area (Å²) in [6.07, 6.45) is 4.21. The highest BCUT2D eigenvalue weighted by molar-refractivity contribution is 7.91. The smallest absolute Gasteiger partial charge is 0.144 e. The Bertz CT molecular complexity index is 585. The molecule has 0 aliphatic rings. The Morgan fingerprint density at radius 3 is 2.74 bits per heavy atom. The van der Waals surface area contributed by atoms with Gasteiger partial charge in [-0.3, -0.25) is 4.98 Å². The number of nitrogens with zero attached hydrogens (tertiary/aromatic N) is 2. The number of benzene rings is 1. The van der Waals surface area contributed by atoms with E-state index in [4.69, 9.17) is 0 Å². The van der Waals surface area contributed by atoms with Crippen LogP contribution in [0.25, 0.3) is 10.9 Å². The number of rotatable bonds is 3. The Hall–Kier alpha value is -1.39. The van der Waals surface area contributed by atoms with E-state index in [9.17, 15) is 4.55 Å². The molecule has 0 fully saturated rings. The van der Waals surface area contributed by atoms with Crippen molar-refractivity contribution in [3.8, 4) is 0 Å². The van der Waals surface area contributed by atoms with Gasteiger partial charge in [0.15, 0.2) is 0 Å². The molecule has 0 N–H and O–H groups in total. The van der Waals surface area contributed by atoms with Gasteiger partial charge in [-0.1, -0.05) is 22.6 Å².